The fraction of sp³-hybridized carbons (Fsp3) is 0.500. The van der Waals surface area contributed by atoms with Crippen LogP contribution in [-0.2, 0) is 0 Å². The molecule has 0 radical (unpaired) electrons. The zero-order valence-electron chi connectivity index (χ0n) is 9.35. The van der Waals surface area contributed by atoms with Crippen molar-refractivity contribution < 1.29 is 4.74 Å². The Labute approximate surface area is 81.7 Å². The molecule has 0 unspecified atom stereocenters. The second kappa shape index (κ2) is 6.53. The minimum atomic E-state index is 0.933. The first kappa shape index (κ1) is 12.0. The van der Waals surface area contributed by atoms with Gasteiger partial charge in [0.1, 0.15) is 5.75 Å². The molecule has 0 N–H and O–H groups in total. The molecule has 0 aromatic heterocycles. The third-order valence-corrected chi connectivity index (χ3v) is 1.71. The monoisotopic (exact) mass is 180 g/mol. The fourth-order valence-corrected chi connectivity index (χ4v) is 0.841. The summed E-state index contributed by atoms with van der Waals surface area (Å²) < 4.78 is 5.05. The molecular formula is C12H20O. The smallest absolute Gasteiger partial charge is 0.119 e. The highest BCUT2D eigenvalue weighted by Gasteiger charge is 1.93. The second-order valence-electron chi connectivity index (χ2n) is 3.16. The Bertz CT molecular complexity index is 241. The van der Waals surface area contributed by atoms with Gasteiger partial charge in [-0.1, -0.05) is 26.3 Å². The molecule has 0 heterocycles. The minimum absolute atomic E-state index is 0.933. The van der Waals surface area contributed by atoms with E-state index in [1.165, 1.54) is 17.5 Å². The third-order valence-electron chi connectivity index (χ3n) is 1.71. The highest BCUT2D eigenvalue weighted by atomic mass is 16.5. The topological polar surface area (TPSA) is 9.23 Å². The first-order valence-electron chi connectivity index (χ1n) is 4.76. The molecule has 1 aromatic carbocycles. The third kappa shape index (κ3) is 4.56. The Hall–Kier alpha value is -0.980. The Balaban J connectivity index is 0.000000424. The fourth-order valence-electron chi connectivity index (χ4n) is 0.841. The first-order chi connectivity index (χ1) is 6.15. The molecule has 0 fully saturated rings. The van der Waals surface area contributed by atoms with Crippen molar-refractivity contribution in [2.45, 2.75) is 34.1 Å². The Kier molecular flexibility index (Phi) is 6.03. The molecule has 0 atom stereocenters. The van der Waals surface area contributed by atoms with Crippen LogP contribution >= 0.6 is 0 Å². The van der Waals surface area contributed by atoms with Gasteiger partial charge in [0.15, 0.2) is 0 Å². The first-order valence-corrected chi connectivity index (χ1v) is 4.76. The van der Waals surface area contributed by atoms with Crippen LogP contribution in [0.4, 0.5) is 0 Å². The lowest BCUT2D eigenvalue weighted by Crippen LogP contribution is -1.85. The van der Waals surface area contributed by atoms with Gasteiger partial charge in [-0.3, -0.25) is 0 Å². The number of ether oxygens (including phenoxy) is 1. The Morgan fingerprint density at radius 2 is 1.62 bits per heavy atom. The van der Waals surface area contributed by atoms with Crippen LogP contribution in [0.1, 0.15) is 31.4 Å². The maximum atomic E-state index is 5.05. The molecule has 0 bridgehead atoms. The lowest BCUT2D eigenvalue weighted by Gasteiger charge is -2.02. The summed E-state index contributed by atoms with van der Waals surface area (Å²) in [5.74, 6) is 0.933. The van der Waals surface area contributed by atoms with Crippen LogP contribution in [-0.4, -0.2) is 7.11 Å². The van der Waals surface area contributed by atoms with Crippen LogP contribution in [0.3, 0.4) is 0 Å². The summed E-state index contributed by atoms with van der Waals surface area (Å²) in [6.07, 6.45) is 1.25. The molecule has 0 amide bonds. The molecule has 0 aliphatic rings. The molecular weight excluding hydrogens is 160 g/mol. The lowest BCUT2D eigenvalue weighted by molar-refractivity contribution is 0.414. The van der Waals surface area contributed by atoms with Gasteiger partial charge in [0.25, 0.3) is 0 Å². The number of hydrogen-bond donors (Lipinski definition) is 0. The molecule has 1 nitrogen and oxygen atoms in total. The molecule has 1 rings (SSSR count). The SMILES string of the molecule is CCC.COc1ccc(C)c(C)c1. The second-order valence-corrected chi connectivity index (χ2v) is 3.16. The number of aryl methyl sites for hydroxylation is 2. The summed E-state index contributed by atoms with van der Waals surface area (Å²) in [5, 5.41) is 0. The summed E-state index contributed by atoms with van der Waals surface area (Å²) in [5.41, 5.74) is 2.58. The summed E-state index contributed by atoms with van der Waals surface area (Å²) in [4.78, 5) is 0. The number of benzene rings is 1. The number of hydrogen-bond acceptors (Lipinski definition) is 1. The van der Waals surface area contributed by atoms with Gasteiger partial charge >= 0.3 is 0 Å². The average Bonchev–Trinajstić information content (AvgIpc) is 2.11. The Morgan fingerprint density at radius 3 is 2.00 bits per heavy atom. The normalized spacial score (nSPS) is 8.69. The molecule has 0 spiro atoms. The van der Waals surface area contributed by atoms with E-state index in [0.717, 1.165) is 5.75 Å². The quantitative estimate of drug-likeness (QED) is 0.640. The highest BCUT2D eigenvalue weighted by molar-refractivity contribution is 5.33. The van der Waals surface area contributed by atoms with Crippen LogP contribution in [0.2, 0.25) is 0 Å². The zero-order valence-corrected chi connectivity index (χ0v) is 9.35. The van der Waals surface area contributed by atoms with E-state index < -0.39 is 0 Å². The van der Waals surface area contributed by atoms with E-state index in [4.69, 9.17) is 4.74 Å². The largest absolute Gasteiger partial charge is 0.497 e. The van der Waals surface area contributed by atoms with Crippen molar-refractivity contribution in [3.05, 3.63) is 29.3 Å². The standard InChI is InChI=1S/C9H12O.C3H8/c1-7-4-5-9(10-3)6-8(7)2;1-3-2/h4-6H,1-3H3;3H2,1-2H3. The van der Waals surface area contributed by atoms with E-state index in [2.05, 4.69) is 33.8 Å². The maximum absolute atomic E-state index is 5.05. The summed E-state index contributed by atoms with van der Waals surface area (Å²) in [7, 11) is 1.68. The molecule has 13 heavy (non-hydrogen) atoms. The molecule has 1 aromatic rings. The molecule has 0 saturated heterocycles. The van der Waals surface area contributed by atoms with Crippen molar-refractivity contribution >= 4 is 0 Å². The Morgan fingerprint density at radius 1 is 1.08 bits per heavy atom. The molecule has 0 saturated carbocycles. The van der Waals surface area contributed by atoms with Crippen molar-refractivity contribution in [3.8, 4) is 5.75 Å². The maximum Gasteiger partial charge on any atom is 0.119 e. The van der Waals surface area contributed by atoms with Crippen molar-refractivity contribution in [2.75, 3.05) is 7.11 Å². The van der Waals surface area contributed by atoms with Gasteiger partial charge in [-0.15, -0.1) is 0 Å². The van der Waals surface area contributed by atoms with Gasteiger partial charge in [0, 0.05) is 0 Å². The van der Waals surface area contributed by atoms with Gasteiger partial charge in [0.05, 0.1) is 7.11 Å². The van der Waals surface area contributed by atoms with Gasteiger partial charge in [-0.05, 0) is 37.1 Å². The molecule has 74 valence electrons. The summed E-state index contributed by atoms with van der Waals surface area (Å²) >= 11 is 0. The predicted molar refractivity (Wildman–Crippen MR) is 58.4 cm³/mol. The van der Waals surface area contributed by atoms with E-state index in [1.54, 1.807) is 7.11 Å². The van der Waals surface area contributed by atoms with Crippen molar-refractivity contribution in [3.63, 3.8) is 0 Å². The number of rotatable bonds is 1. The van der Waals surface area contributed by atoms with E-state index >= 15 is 0 Å². The lowest BCUT2D eigenvalue weighted by atomic mass is 10.1. The van der Waals surface area contributed by atoms with Gasteiger partial charge in [0.2, 0.25) is 0 Å². The van der Waals surface area contributed by atoms with Crippen molar-refractivity contribution in [1.29, 1.82) is 0 Å². The zero-order chi connectivity index (χ0) is 10.3. The van der Waals surface area contributed by atoms with E-state index in [-0.39, 0.29) is 0 Å². The van der Waals surface area contributed by atoms with E-state index in [9.17, 15) is 0 Å². The predicted octanol–water partition coefficient (Wildman–Crippen LogP) is 3.73. The van der Waals surface area contributed by atoms with Crippen LogP contribution < -0.4 is 4.74 Å². The van der Waals surface area contributed by atoms with Crippen molar-refractivity contribution in [2.24, 2.45) is 0 Å². The van der Waals surface area contributed by atoms with Crippen LogP contribution in [0.15, 0.2) is 18.2 Å². The van der Waals surface area contributed by atoms with E-state index in [0.29, 0.717) is 0 Å². The van der Waals surface area contributed by atoms with E-state index in [1.807, 2.05) is 12.1 Å². The molecule has 0 aliphatic carbocycles. The van der Waals surface area contributed by atoms with Crippen LogP contribution in [0.25, 0.3) is 0 Å². The molecule has 1 heteroatoms. The summed E-state index contributed by atoms with van der Waals surface area (Å²) in [6, 6.07) is 6.08. The summed E-state index contributed by atoms with van der Waals surface area (Å²) in [6.45, 7) is 8.42. The average molecular weight is 180 g/mol. The molecule has 0 aliphatic heterocycles. The minimum Gasteiger partial charge on any atom is -0.497 e. The van der Waals surface area contributed by atoms with Crippen molar-refractivity contribution in [1.82, 2.24) is 0 Å². The van der Waals surface area contributed by atoms with Crippen LogP contribution in [0.5, 0.6) is 5.75 Å². The van der Waals surface area contributed by atoms with Crippen LogP contribution in [0, 0.1) is 13.8 Å². The van der Waals surface area contributed by atoms with Gasteiger partial charge < -0.3 is 4.74 Å². The van der Waals surface area contributed by atoms with Gasteiger partial charge in [-0.25, -0.2) is 0 Å². The van der Waals surface area contributed by atoms with Gasteiger partial charge in [-0.2, -0.15) is 0 Å². The highest BCUT2D eigenvalue weighted by Crippen LogP contribution is 2.15. The number of methoxy groups -OCH3 is 1.